The highest BCUT2D eigenvalue weighted by atomic mass is 32.2. The van der Waals surface area contributed by atoms with Gasteiger partial charge in [0.1, 0.15) is 0 Å². The van der Waals surface area contributed by atoms with E-state index in [1.54, 1.807) is 30.9 Å². The molecule has 0 unspecified atom stereocenters. The van der Waals surface area contributed by atoms with Crippen molar-refractivity contribution in [3.63, 3.8) is 0 Å². The summed E-state index contributed by atoms with van der Waals surface area (Å²) in [6.07, 6.45) is 0.416. The maximum absolute atomic E-state index is 12.1. The minimum Gasteiger partial charge on any atom is -0.493 e. The average molecular weight is 292 g/mol. The van der Waals surface area contributed by atoms with Gasteiger partial charge in [-0.1, -0.05) is 17.8 Å². The molecule has 1 saturated heterocycles. The van der Waals surface area contributed by atoms with Crippen LogP contribution in [0.5, 0.6) is 11.5 Å². The predicted molar refractivity (Wildman–Crippen MR) is 78.5 cm³/mol. The van der Waals surface area contributed by atoms with Crippen LogP contribution >= 0.6 is 11.8 Å². The highest BCUT2D eigenvalue weighted by Gasteiger charge is 2.33. The molecule has 0 N–H and O–H groups in total. The van der Waals surface area contributed by atoms with E-state index in [2.05, 4.69) is 4.99 Å². The van der Waals surface area contributed by atoms with E-state index in [1.165, 1.54) is 0 Å². The summed E-state index contributed by atoms with van der Waals surface area (Å²) in [4.78, 5) is 18.6. The third-order valence-corrected chi connectivity index (χ3v) is 4.48. The van der Waals surface area contributed by atoms with Gasteiger partial charge in [-0.3, -0.25) is 14.7 Å². The first-order valence-electron chi connectivity index (χ1n) is 6.46. The van der Waals surface area contributed by atoms with Crippen molar-refractivity contribution < 1.29 is 14.3 Å². The van der Waals surface area contributed by atoms with Crippen LogP contribution in [0, 0.1) is 0 Å². The lowest BCUT2D eigenvalue weighted by molar-refractivity contribution is -0.127. The van der Waals surface area contributed by atoms with Crippen LogP contribution in [0.3, 0.4) is 0 Å². The van der Waals surface area contributed by atoms with Gasteiger partial charge in [0.15, 0.2) is 16.7 Å². The third-order valence-electron chi connectivity index (χ3n) is 3.50. The summed E-state index contributed by atoms with van der Waals surface area (Å²) >= 11 is 1.65. The number of nitrogens with zero attached hydrogens (tertiary/aromatic N) is 2. The van der Waals surface area contributed by atoms with Crippen LogP contribution in [0.15, 0.2) is 23.2 Å². The SMILES string of the molecule is COc1ccc([C@H]2CC(=O)N3CCSC3=N2)cc1OC. The Hall–Kier alpha value is -1.69. The first-order chi connectivity index (χ1) is 9.72. The monoisotopic (exact) mass is 292 g/mol. The van der Waals surface area contributed by atoms with Gasteiger partial charge in [0, 0.05) is 12.3 Å². The molecule has 0 radical (unpaired) electrons. The second kappa shape index (κ2) is 5.36. The Morgan fingerprint density at radius 3 is 2.85 bits per heavy atom. The molecule has 1 aromatic rings. The Kier molecular flexibility index (Phi) is 3.56. The average Bonchev–Trinajstić information content (AvgIpc) is 2.95. The van der Waals surface area contributed by atoms with Crippen LogP contribution in [0.1, 0.15) is 18.0 Å². The van der Waals surface area contributed by atoms with E-state index < -0.39 is 0 Å². The maximum atomic E-state index is 12.1. The molecule has 2 heterocycles. The zero-order valence-electron chi connectivity index (χ0n) is 11.5. The normalized spacial score (nSPS) is 21.5. The topological polar surface area (TPSA) is 51.1 Å². The molecule has 1 aromatic carbocycles. The van der Waals surface area contributed by atoms with E-state index >= 15 is 0 Å². The van der Waals surface area contributed by atoms with Crippen molar-refractivity contribution in [2.45, 2.75) is 12.5 Å². The first kappa shape index (κ1) is 13.3. The van der Waals surface area contributed by atoms with Crippen molar-refractivity contribution in [1.29, 1.82) is 0 Å². The second-order valence-electron chi connectivity index (χ2n) is 4.64. The van der Waals surface area contributed by atoms with Crippen molar-refractivity contribution in [2.75, 3.05) is 26.5 Å². The molecular formula is C14H16N2O3S. The molecule has 3 rings (SSSR count). The van der Waals surface area contributed by atoms with Crippen molar-refractivity contribution in [3.8, 4) is 11.5 Å². The summed E-state index contributed by atoms with van der Waals surface area (Å²) < 4.78 is 10.5. The Labute approximate surface area is 122 Å². The van der Waals surface area contributed by atoms with Gasteiger partial charge < -0.3 is 9.47 Å². The van der Waals surface area contributed by atoms with Gasteiger partial charge in [-0.2, -0.15) is 0 Å². The van der Waals surface area contributed by atoms with Crippen molar-refractivity contribution in [1.82, 2.24) is 4.90 Å². The van der Waals surface area contributed by atoms with Crippen LogP contribution in [0.2, 0.25) is 0 Å². The maximum Gasteiger partial charge on any atom is 0.231 e. The van der Waals surface area contributed by atoms with E-state index in [1.807, 2.05) is 18.2 Å². The van der Waals surface area contributed by atoms with Gasteiger partial charge >= 0.3 is 0 Å². The number of carbonyl (C=O) groups excluding carboxylic acids is 1. The van der Waals surface area contributed by atoms with Crippen LogP contribution < -0.4 is 9.47 Å². The number of hydrogen-bond acceptors (Lipinski definition) is 5. The Bertz CT molecular complexity index is 574. The summed E-state index contributed by atoms with van der Waals surface area (Å²) in [7, 11) is 3.21. The third kappa shape index (κ3) is 2.24. The molecule has 1 atom stereocenters. The fourth-order valence-corrected chi connectivity index (χ4v) is 3.45. The molecular weight excluding hydrogens is 276 g/mol. The molecule has 5 nitrogen and oxygen atoms in total. The van der Waals surface area contributed by atoms with Crippen LogP contribution in [0.4, 0.5) is 0 Å². The standard InChI is InChI=1S/C14H16N2O3S/c1-18-11-4-3-9(7-12(11)19-2)10-8-13(17)16-5-6-20-14(16)15-10/h3-4,7,10H,5-6,8H2,1-2H3/t10-/m1/s1. The molecule has 2 aliphatic heterocycles. The Morgan fingerprint density at radius 2 is 2.10 bits per heavy atom. The van der Waals surface area contributed by atoms with Gasteiger partial charge in [0.2, 0.25) is 5.91 Å². The van der Waals surface area contributed by atoms with E-state index in [4.69, 9.17) is 9.47 Å². The molecule has 20 heavy (non-hydrogen) atoms. The largest absolute Gasteiger partial charge is 0.493 e. The second-order valence-corrected chi connectivity index (χ2v) is 5.70. The molecule has 0 saturated carbocycles. The summed E-state index contributed by atoms with van der Waals surface area (Å²) in [6.45, 7) is 0.779. The number of amidine groups is 1. The zero-order valence-corrected chi connectivity index (χ0v) is 12.3. The molecule has 2 aliphatic rings. The van der Waals surface area contributed by atoms with Crippen molar-refractivity contribution in [3.05, 3.63) is 23.8 Å². The zero-order chi connectivity index (χ0) is 14.1. The molecule has 0 spiro atoms. The van der Waals surface area contributed by atoms with Crippen LogP contribution in [-0.2, 0) is 4.79 Å². The van der Waals surface area contributed by atoms with Gasteiger partial charge in [-0.25, -0.2) is 0 Å². The lowest BCUT2D eigenvalue weighted by Gasteiger charge is -2.25. The number of ether oxygens (including phenoxy) is 2. The van der Waals surface area contributed by atoms with Crippen LogP contribution in [0.25, 0.3) is 0 Å². The van der Waals surface area contributed by atoms with Crippen LogP contribution in [-0.4, -0.2) is 42.5 Å². The number of thioether (sulfide) groups is 1. The Morgan fingerprint density at radius 1 is 1.30 bits per heavy atom. The van der Waals surface area contributed by atoms with Gasteiger partial charge in [-0.15, -0.1) is 0 Å². The van der Waals surface area contributed by atoms with Gasteiger partial charge in [-0.05, 0) is 17.7 Å². The summed E-state index contributed by atoms with van der Waals surface area (Å²) in [5.41, 5.74) is 0.982. The molecule has 0 bridgehead atoms. The molecule has 106 valence electrons. The molecule has 6 heteroatoms. The fraction of sp³-hybridized carbons (Fsp3) is 0.429. The molecule has 1 amide bonds. The number of hydrogen-bond donors (Lipinski definition) is 0. The minimum absolute atomic E-state index is 0.126. The van der Waals surface area contributed by atoms with E-state index in [0.717, 1.165) is 23.0 Å². The highest BCUT2D eigenvalue weighted by Crippen LogP contribution is 2.36. The minimum atomic E-state index is -0.126. The van der Waals surface area contributed by atoms with Crippen molar-refractivity contribution in [2.24, 2.45) is 4.99 Å². The van der Waals surface area contributed by atoms with E-state index in [0.29, 0.717) is 17.9 Å². The summed E-state index contributed by atoms with van der Waals surface area (Å²) in [6, 6.07) is 5.57. The fourth-order valence-electron chi connectivity index (χ4n) is 2.45. The quantitative estimate of drug-likeness (QED) is 0.856. The lowest BCUT2D eigenvalue weighted by Crippen LogP contribution is -2.36. The lowest BCUT2D eigenvalue weighted by atomic mass is 10.0. The summed E-state index contributed by atoms with van der Waals surface area (Å²) in [5, 5.41) is 0.848. The Balaban J connectivity index is 1.93. The van der Waals surface area contributed by atoms with E-state index in [-0.39, 0.29) is 11.9 Å². The van der Waals surface area contributed by atoms with E-state index in [9.17, 15) is 4.79 Å². The van der Waals surface area contributed by atoms with Crippen molar-refractivity contribution >= 4 is 22.8 Å². The van der Waals surface area contributed by atoms with Gasteiger partial charge in [0.05, 0.1) is 26.7 Å². The highest BCUT2D eigenvalue weighted by molar-refractivity contribution is 8.14. The number of aliphatic imine (C=N–C) groups is 1. The predicted octanol–water partition coefficient (Wildman–Crippen LogP) is 2.08. The number of benzene rings is 1. The van der Waals surface area contributed by atoms with Gasteiger partial charge in [0.25, 0.3) is 0 Å². The number of carbonyl (C=O) groups is 1. The molecule has 0 aromatic heterocycles. The molecule has 1 fully saturated rings. The number of fused-ring (bicyclic) bond motifs is 1. The first-order valence-corrected chi connectivity index (χ1v) is 7.44. The number of rotatable bonds is 3. The summed E-state index contributed by atoms with van der Waals surface area (Å²) in [5.74, 6) is 2.44. The smallest absolute Gasteiger partial charge is 0.231 e. The number of methoxy groups -OCH3 is 2. The number of amides is 1. The molecule has 0 aliphatic carbocycles.